The molecule has 5 nitrogen and oxygen atoms in total. The Morgan fingerprint density at radius 1 is 1.44 bits per heavy atom. The first-order chi connectivity index (χ1) is 8.49. The highest BCUT2D eigenvalue weighted by atomic mass is 16.4. The Balaban J connectivity index is 2.14. The second kappa shape index (κ2) is 4.76. The summed E-state index contributed by atoms with van der Waals surface area (Å²) in [7, 11) is 1.75. The minimum atomic E-state index is -1.02. The Kier molecular flexibility index (Phi) is 3.32. The van der Waals surface area contributed by atoms with Gasteiger partial charge in [0.1, 0.15) is 5.69 Å². The first-order valence-electron chi connectivity index (χ1n) is 5.95. The van der Waals surface area contributed by atoms with E-state index in [0.29, 0.717) is 17.3 Å². The number of pyridine rings is 1. The minimum absolute atomic E-state index is 0.136. The number of aromatic carboxylic acids is 1. The molecule has 0 radical (unpaired) electrons. The SMILES string of the molecule is Cc1nc(C(=O)N(C)CC2CC2)ccc1C(=O)O. The zero-order valence-electron chi connectivity index (χ0n) is 10.5. The van der Waals surface area contributed by atoms with Crippen LogP contribution in [0.1, 0.15) is 39.4 Å². The van der Waals surface area contributed by atoms with E-state index < -0.39 is 5.97 Å². The van der Waals surface area contributed by atoms with Crippen molar-refractivity contribution in [3.63, 3.8) is 0 Å². The molecule has 1 aromatic heterocycles. The van der Waals surface area contributed by atoms with Gasteiger partial charge in [0.2, 0.25) is 0 Å². The summed E-state index contributed by atoms with van der Waals surface area (Å²) in [5, 5.41) is 8.90. The van der Waals surface area contributed by atoms with Gasteiger partial charge in [-0.15, -0.1) is 0 Å². The summed E-state index contributed by atoms with van der Waals surface area (Å²) in [4.78, 5) is 28.6. The van der Waals surface area contributed by atoms with Crippen LogP contribution in [0.2, 0.25) is 0 Å². The molecule has 1 amide bonds. The molecule has 0 unspecified atom stereocenters. The van der Waals surface area contributed by atoms with Crippen LogP contribution in [0, 0.1) is 12.8 Å². The van der Waals surface area contributed by atoms with Crippen LogP contribution in [0.5, 0.6) is 0 Å². The lowest BCUT2D eigenvalue weighted by atomic mass is 10.2. The molecule has 1 aromatic rings. The number of carboxylic acid groups (broad SMARTS) is 1. The Bertz CT molecular complexity index is 495. The molecule has 5 heteroatoms. The first kappa shape index (κ1) is 12.5. The summed E-state index contributed by atoms with van der Waals surface area (Å²) in [5.41, 5.74) is 0.810. The van der Waals surface area contributed by atoms with E-state index in [4.69, 9.17) is 5.11 Å². The standard InChI is InChI=1S/C13H16N2O3/c1-8-10(13(17)18)5-6-11(14-8)12(16)15(2)7-9-3-4-9/h5-6,9H,3-4,7H2,1-2H3,(H,17,18). The van der Waals surface area contributed by atoms with Gasteiger partial charge in [0.15, 0.2) is 0 Å². The highest BCUT2D eigenvalue weighted by molar-refractivity contribution is 5.94. The van der Waals surface area contributed by atoms with E-state index in [1.54, 1.807) is 18.9 Å². The average molecular weight is 248 g/mol. The number of carbonyl (C=O) groups is 2. The molecule has 96 valence electrons. The van der Waals surface area contributed by atoms with Crippen molar-refractivity contribution in [3.05, 3.63) is 29.1 Å². The zero-order chi connectivity index (χ0) is 13.3. The molecule has 1 aliphatic carbocycles. The Labute approximate surface area is 105 Å². The number of hydrogen-bond acceptors (Lipinski definition) is 3. The van der Waals surface area contributed by atoms with Crippen molar-refractivity contribution in [3.8, 4) is 0 Å². The summed E-state index contributed by atoms with van der Waals surface area (Å²) < 4.78 is 0. The molecule has 0 atom stereocenters. The quantitative estimate of drug-likeness (QED) is 0.878. The van der Waals surface area contributed by atoms with Crippen molar-refractivity contribution < 1.29 is 14.7 Å². The van der Waals surface area contributed by atoms with Crippen LogP contribution in [0.25, 0.3) is 0 Å². The number of carbonyl (C=O) groups excluding carboxylic acids is 1. The average Bonchev–Trinajstić information content (AvgIpc) is 3.11. The molecule has 1 fully saturated rings. The third-order valence-corrected chi connectivity index (χ3v) is 3.11. The number of hydrogen-bond donors (Lipinski definition) is 1. The maximum Gasteiger partial charge on any atom is 0.337 e. The number of nitrogens with zero attached hydrogens (tertiary/aromatic N) is 2. The van der Waals surface area contributed by atoms with Gasteiger partial charge in [-0.25, -0.2) is 9.78 Å². The normalized spacial score (nSPS) is 14.3. The van der Waals surface area contributed by atoms with E-state index in [1.165, 1.54) is 25.0 Å². The number of aryl methyl sites for hydroxylation is 1. The van der Waals surface area contributed by atoms with Gasteiger partial charge in [-0.3, -0.25) is 4.79 Å². The predicted molar refractivity (Wildman–Crippen MR) is 65.6 cm³/mol. The lowest BCUT2D eigenvalue weighted by Gasteiger charge is -2.16. The third kappa shape index (κ3) is 2.67. The first-order valence-corrected chi connectivity index (χ1v) is 5.95. The molecule has 18 heavy (non-hydrogen) atoms. The maximum atomic E-state index is 12.1. The summed E-state index contributed by atoms with van der Waals surface area (Å²) in [6.45, 7) is 2.35. The van der Waals surface area contributed by atoms with Gasteiger partial charge in [-0.1, -0.05) is 0 Å². The fourth-order valence-corrected chi connectivity index (χ4v) is 1.87. The van der Waals surface area contributed by atoms with Gasteiger partial charge in [0.25, 0.3) is 5.91 Å². The van der Waals surface area contributed by atoms with E-state index in [9.17, 15) is 9.59 Å². The van der Waals surface area contributed by atoms with E-state index in [1.807, 2.05) is 0 Å². The van der Waals surface area contributed by atoms with Gasteiger partial charge in [-0.2, -0.15) is 0 Å². The number of carboxylic acids is 1. The molecule has 1 N–H and O–H groups in total. The second-order valence-electron chi connectivity index (χ2n) is 4.76. The van der Waals surface area contributed by atoms with Crippen molar-refractivity contribution >= 4 is 11.9 Å². The Morgan fingerprint density at radius 2 is 2.11 bits per heavy atom. The van der Waals surface area contributed by atoms with Crippen LogP contribution in [0.3, 0.4) is 0 Å². The summed E-state index contributed by atoms with van der Waals surface area (Å²) in [6, 6.07) is 2.91. The third-order valence-electron chi connectivity index (χ3n) is 3.11. The number of rotatable bonds is 4. The highest BCUT2D eigenvalue weighted by Gasteiger charge is 2.26. The van der Waals surface area contributed by atoms with Gasteiger partial charge in [0, 0.05) is 13.6 Å². The van der Waals surface area contributed by atoms with Crippen LogP contribution in [-0.4, -0.2) is 40.5 Å². The van der Waals surface area contributed by atoms with Gasteiger partial charge >= 0.3 is 5.97 Å². The van der Waals surface area contributed by atoms with E-state index >= 15 is 0 Å². The fourth-order valence-electron chi connectivity index (χ4n) is 1.87. The van der Waals surface area contributed by atoms with Gasteiger partial charge < -0.3 is 10.0 Å². The van der Waals surface area contributed by atoms with Gasteiger partial charge in [-0.05, 0) is 37.8 Å². The predicted octanol–water partition coefficient (Wildman–Crippen LogP) is 1.57. The molecule has 0 spiro atoms. The monoisotopic (exact) mass is 248 g/mol. The molecule has 1 aliphatic rings. The van der Waals surface area contributed by atoms with Crippen LogP contribution in [-0.2, 0) is 0 Å². The molecule has 1 heterocycles. The zero-order valence-corrected chi connectivity index (χ0v) is 10.5. The van der Waals surface area contributed by atoms with E-state index in [2.05, 4.69) is 4.98 Å². The molecule has 0 aliphatic heterocycles. The topological polar surface area (TPSA) is 70.5 Å². The second-order valence-corrected chi connectivity index (χ2v) is 4.76. The van der Waals surface area contributed by atoms with Crippen LogP contribution >= 0.6 is 0 Å². The van der Waals surface area contributed by atoms with Crippen molar-refractivity contribution in [2.75, 3.05) is 13.6 Å². The largest absolute Gasteiger partial charge is 0.478 e. The maximum absolute atomic E-state index is 12.1. The summed E-state index contributed by atoms with van der Waals surface area (Å²) in [6.07, 6.45) is 2.37. The lowest BCUT2D eigenvalue weighted by Crippen LogP contribution is -2.29. The molecule has 0 saturated heterocycles. The smallest absolute Gasteiger partial charge is 0.337 e. The molecular formula is C13H16N2O3. The number of aromatic nitrogens is 1. The fraction of sp³-hybridized carbons (Fsp3) is 0.462. The van der Waals surface area contributed by atoms with Crippen molar-refractivity contribution in [2.45, 2.75) is 19.8 Å². The van der Waals surface area contributed by atoms with E-state index in [0.717, 1.165) is 6.54 Å². The Morgan fingerprint density at radius 3 is 2.61 bits per heavy atom. The molecule has 0 aromatic carbocycles. The van der Waals surface area contributed by atoms with Crippen LogP contribution in [0.4, 0.5) is 0 Å². The highest BCUT2D eigenvalue weighted by Crippen LogP contribution is 2.29. The molecule has 0 bridgehead atoms. The van der Waals surface area contributed by atoms with Crippen molar-refractivity contribution in [1.29, 1.82) is 0 Å². The molecule has 2 rings (SSSR count). The van der Waals surface area contributed by atoms with Gasteiger partial charge in [0.05, 0.1) is 11.3 Å². The van der Waals surface area contributed by atoms with E-state index in [-0.39, 0.29) is 11.5 Å². The van der Waals surface area contributed by atoms with Crippen LogP contribution in [0.15, 0.2) is 12.1 Å². The van der Waals surface area contributed by atoms with Crippen molar-refractivity contribution in [1.82, 2.24) is 9.88 Å². The van der Waals surface area contributed by atoms with Crippen LogP contribution < -0.4 is 0 Å². The summed E-state index contributed by atoms with van der Waals surface area (Å²) in [5.74, 6) is -0.550. The summed E-state index contributed by atoms with van der Waals surface area (Å²) >= 11 is 0. The van der Waals surface area contributed by atoms with Crippen molar-refractivity contribution in [2.24, 2.45) is 5.92 Å². The minimum Gasteiger partial charge on any atom is -0.478 e. The molecular weight excluding hydrogens is 232 g/mol. The number of amides is 1. The molecule has 1 saturated carbocycles. The lowest BCUT2D eigenvalue weighted by molar-refractivity contribution is 0.0693. The Hall–Kier alpha value is -1.91.